The number of sulfonamides is 1. The minimum atomic E-state index is -4.46. The molecule has 1 saturated carbocycles. The second-order valence-corrected chi connectivity index (χ2v) is 14.1. The molecule has 2 aromatic carbocycles. The molecule has 3 N–H and O–H groups in total. The van der Waals surface area contributed by atoms with Crippen molar-refractivity contribution in [3.05, 3.63) is 104 Å². The van der Waals surface area contributed by atoms with Gasteiger partial charge in [0.05, 0.1) is 16.3 Å². The predicted octanol–water partition coefficient (Wildman–Crippen LogP) is 6.50. The van der Waals surface area contributed by atoms with Gasteiger partial charge in [-0.25, -0.2) is 32.4 Å². The number of aromatic carboxylic acids is 1. The third kappa shape index (κ3) is 6.90. The van der Waals surface area contributed by atoms with Crippen molar-refractivity contribution in [1.29, 1.82) is 0 Å². The van der Waals surface area contributed by atoms with Crippen LogP contribution in [0.25, 0.3) is 16.4 Å². The van der Waals surface area contributed by atoms with Gasteiger partial charge in [-0.3, -0.25) is 0 Å². The lowest BCUT2D eigenvalue weighted by Gasteiger charge is -2.10. The molecule has 15 heteroatoms. The Balaban J connectivity index is 1.46. The Bertz CT molecular complexity index is 2150. The zero-order valence-corrected chi connectivity index (χ0v) is 26.0. The van der Waals surface area contributed by atoms with Crippen LogP contribution in [-0.4, -0.2) is 34.3 Å². The summed E-state index contributed by atoms with van der Waals surface area (Å²) in [6, 6.07) is 12.9. The number of hydrogen-bond donors (Lipinski definition) is 2. The van der Waals surface area contributed by atoms with E-state index < -0.39 is 37.8 Å². The Morgan fingerprint density at radius 1 is 1.11 bits per heavy atom. The van der Waals surface area contributed by atoms with Gasteiger partial charge in [-0.05, 0) is 67.1 Å². The smallest absolute Gasteiger partial charge is 0.425 e. The molecule has 236 valence electrons. The van der Waals surface area contributed by atoms with E-state index in [-0.39, 0.29) is 17.0 Å². The number of rotatable bonds is 8. The number of thiazole rings is 1. The highest BCUT2D eigenvalue weighted by molar-refractivity contribution is 7.89. The molecule has 0 unspecified atom stereocenters. The summed E-state index contributed by atoms with van der Waals surface area (Å²) in [6.07, 6.45) is -1.76. The molecule has 1 fully saturated rings. The van der Waals surface area contributed by atoms with Crippen LogP contribution < -0.4 is 5.14 Å². The number of halogens is 4. The van der Waals surface area contributed by atoms with Gasteiger partial charge >= 0.3 is 12.1 Å². The molecule has 0 spiro atoms. The van der Waals surface area contributed by atoms with E-state index in [2.05, 4.69) is 16.8 Å². The van der Waals surface area contributed by atoms with Crippen LogP contribution in [0.15, 0.2) is 64.9 Å². The zero-order chi connectivity index (χ0) is 32.8. The van der Waals surface area contributed by atoms with Crippen LogP contribution in [0.1, 0.15) is 55.5 Å². The number of nitrogens with two attached hydrogens (primary N) is 1. The molecule has 0 bridgehead atoms. The molecule has 0 atom stereocenters. The summed E-state index contributed by atoms with van der Waals surface area (Å²) >= 11 is 1.65. The fraction of sp³-hybridized carbons (Fsp3) is 0.194. The zero-order valence-electron chi connectivity index (χ0n) is 23.5. The molecule has 46 heavy (non-hydrogen) atoms. The highest BCUT2D eigenvalue weighted by Crippen LogP contribution is 2.38. The summed E-state index contributed by atoms with van der Waals surface area (Å²) < 4.78 is 79.2. The fourth-order valence-corrected chi connectivity index (χ4v) is 6.94. The van der Waals surface area contributed by atoms with Crippen LogP contribution in [0.4, 0.5) is 17.6 Å². The number of aromatic nitrogens is 3. The summed E-state index contributed by atoms with van der Waals surface area (Å²) in [6.45, 7) is 0. The summed E-state index contributed by atoms with van der Waals surface area (Å²) in [4.78, 5) is 14.7. The standard InChI is InChI=1S/C31H22F4N4O4S3/c32-23-14-19(7-10-26(23)46(36,42)43)13-22-25(15-18-4-5-18)39(30-37-24(16-44-30)29(40)41)38-28(22)20-3-1-2-17(12-20)6-8-21-9-11-27(45-21)31(33,34)35/h1-3,7,9-12,14,16,18H,4-5,13,15H2,(H,40,41)(H2,36,42,43). The lowest BCUT2D eigenvalue weighted by Crippen LogP contribution is -2.14. The van der Waals surface area contributed by atoms with E-state index in [9.17, 15) is 35.9 Å². The predicted molar refractivity (Wildman–Crippen MR) is 164 cm³/mol. The van der Waals surface area contributed by atoms with Gasteiger partial charge in [-0.15, -0.1) is 22.7 Å². The molecule has 6 rings (SSSR count). The van der Waals surface area contributed by atoms with Gasteiger partial charge in [-0.2, -0.15) is 18.3 Å². The Labute approximate surface area is 268 Å². The Morgan fingerprint density at radius 3 is 2.52 bits per heavy atom. The van der Waals surface area contributed by atoms with Gasteiger partial charge < -0.3 is 5.11 Å². The molecule has 0 radical (unpaired) electrons. The highest BCUT2D eigenvalue weighted by atomic mass is 32.2. The van der Waals surface area contributed by atoms with Gasteiger partial charge in [0.25, 0.3) is 0 Å². The minimum absolute atomic E-state index is 0.141. The number of primary sulfonamides is 1. The Hall–Kier alpha value is -4.36. The average molecular weight is 687 g/mol. The number of benzene rings is 2. The third-order valence-corrected chi connectivity index (χ3v) is 10.0. The van der Waals surface area contributed by atoms with Gasteiger partial charge in [-0.1, -0.05) is 30.0 Å². The van der Waals surface area contributed by atoms with Gasteiger partial charge in [0.2, 0.25) is 15.2 Å². The Morgan fingerprint density at radius 2 is 1.89 bits per heavy atom. The fourth-order valence-electron chi connectivity index (χ4n) is 4.85. The maximum Gasteiger partial charge on any atom is 0.425 e. The van der Waals surface area contributed by atoms with Gasteiger partial charge in [0, 0.05) is 28.5 Å². The van der Waals surface area contributed by atoms with Crippen LogP contribution in [0.5, 0.6) is 0 Å². The van der Waals surface area contributed by atoms with Crippen molar-refractivity contribution in [3.63, 3.8) is 0 Å². The molecule has 0 amide bonds. The van der Waals surface area contributed by atoms with E-state index in [4.69, 9.17) is 10.2 Å². The first-order valence-corrected chi connectivity index (χ1v) is 16.9. The first-order chi connectivity index (χ1) is 21.8. The number of thiophene rings is 1. The summed E-state index contributed by atoms with van der Waals surface area (Å²) in [7, 11) is -4.28. The van der Waals surface area contributed by atoms with Crippen LogP contribution in [0.3, 0.4) is 0 Å². The normalized spacial score (nSPS) is 13.4. The number of carboxylic acids is 1. The second kappa shape index (κ2) is 12.1. The van der Waals surface area contributed by atoms with E-state index >= 15 is 0 Å². The molecular formula is C31H22F4N4O4S3. The molecule has 3 aromatic heterocycles. The quantitative estimate of drug-likeness (QED) is 0.142. The molecule has 3 heterocycles. The lowest BCUT2D eigenvalue weighted by molar-refractivity contribution is -0.134. The maximum atomic E-state index is 14.9. The van der Waals surface area contributed by atoms with Gasteiger partial charge in [0.1, 0.15) is 15.6 Å². The topological polar surface area (TPSA) is 128 Å². The second-order valence-electron chi connectivity index (χ2n) is 10.6. The van der Waals surface area contributed by atoms with E-state index in [0.717, 1.165) is 48.1 Å². The average Bonchev–Trinajstić information content (AvgIpc) is 3.33. The third-order valence-electron chi connectivity index (χ3n) is 7.20. The molecular weight excluding hydrogens is 665 g/mol. The van der Waals surface area contributed by atoms with E-state index in [0.29, 0.717) is 56.8 Å². The first-order valence-electron chi connectivity index (χ1n) is 13.7. The summed E-state index contributed by atoms with van der Waals surface area (Å²) in [5.74, 6) is 3.85. The van der Waals surface area contributed by atoms with E-state index in [1.165, 1.54) is 17.5 Å². The number of hydrogen-bond acceptors (Lipinski definition) is 7. The van der Waals surface area contributed by atoms with Crippen molar-refractivity contribution in [2.24, 2.45) is 11.1 Å². The van der Waals surface area contributed by atoms with Crippen LogP contribution in [0.2, 0.25) is 0 Å². The van der Waals surface area contributed by atoms with Crippen molar-refractivity contribution in [2.45, 2.75) is 36.8 Å². The van der Waals surface area contributed by atoms with Crippen LogP contribution in [-0.2, 0) is 29.0 Å². The Kier molecular flexibility index (Phi) is 8.32. The molecule has 1 aliphatic rings. The number of carbonyl (C=O) groups is 1. The number of nitrogens with zero attached hydrogens (tertiary/aromatic N) is 3. The maximum absolute atomic E-state index is 14.9. The van der Waals surface area contributed by atoms with Crippen molar-refractivity contribution in [2.75, 3.05) is 0 Å². The molecule has 1 aliphatic carbocycles. The van der Waals surface area contributed by atoms with Crippen molar-refractivity contribution in [1.82, 2.24) is 14.8 Å². The highest BCUT2D eigenvalue weighted by Gasteiger charge is 2.32. The van der Waals surface area contributed by atoms with Gasteiger partial charge in [0.15, 0.2) is 5.69 Å². The van der Waals surface area contributed by atoms with Crippen LogP contribution >= 0.6 is 22.7 Å². The van der Waals surface area contributed by atoms with E-state index in [1.54, 1.807) is 28.9 Å². The van der Waals surface area contributed by atoms with Crippen molar-refractivity contribution < 1.29 is 35.9 Å². The van der Waals surface area contributed by atoms with Crippen LogP contribution in [0, 0.1) is 23.6 Å². The van der Waals surface area contributed by atoms with Crippen molar-refractivity contribution >= 4 is 38.7 Å². The molecule has 0 saturated heterocycles. The molecule has 5 aromatic rings. The largest absolute Gasteiger partial charge is 0.476 e. The first kappa shape index (κ1) is 31.6. The summed E-state index contributed by atoms with van der Waals surface area (Å²) in [5, 5.41) is 21.2. The summed E-state index contributed by atoms with van der Waals surface area (Å²) in [5.41, 5.74) is 3.34. The van der Waals surface area contributed by atoms with Crippen molar-refractivity contribution in [3.8, 4) is 28.2 Å². The van der Waals surface area contributed by atoms with E-state index in [1.807, 2.05) is 0 Å². The minimum Gasteiger partial charge on any atom is -0.476 e. The molecule has 8 nitrogen and oxygen atoms in total. The number of carboxylic acid groups (broad SMARTS) is 1. The molecule has 0 aliphatic heterocycles. The number of alkyl halides is 3. The lowest BCUT2D eigenvalue weighted by atomic mass is 9.96. The monoisotopic (exact) mass is 686 g/mol. The SMILES string of the molecule is NS(=O)(=O)c1ccc(Cc2c(-c3cccc(C#Cc4ccc(C(F)(F)F)s4)c3)nn(-c3nc(C(=O)O)cs3)c2CC2CC2)cc1F.